The quantitative estimate of drug-likeness (QED) is 0.824. The number of aromatic nitrogens is 1. The predicted octanol–water partition coefficient (Wildman–Crippen LogP) is 3.28. The summed E-state index contributed by atoms with van der Waals surface area (Å²) in [5.41, 5.74) is 1.70. The zero-order valence-electron chi connectivity index (χ0n) is 10.6. The van der Waals surface area contributed by atoms with Crippen LogP contribution in [0.4, 0.5) is 15.8 Å². The van der Waals surface area contributed by atoms with Gasteiger partial charge in [0.05, 0.1) is 12.1 Å². The monoisotopic (exact) mass is 257 g/mol. The lowest BCUT2D eigenvalue weighted by Crippen LogP contribution is -2.12. The second-order valence-electron chi connectivity index (χ2n) is 4.25. The highest BCUT2D eigenvalue weighted by Gasteiger charge is 2.12. The predicted molar refractivity (Wildman–Crippen MR) is 70.8 cm³/mol. The molecule has 1 aromatic carbocycles. The summed E-state index contributed by atoms with van der Waals surface area (Å²) in [6.07, 6.45) is 3.55. The van der Waals surface area contributed by atoms with Gasteiger partial charge in [-0.25, -0.2) is 9.24 Å². The topological polar surface area (TPSA) is 38.4 Å². The van der Waals surface area contributed by atoms with Crippen LogP contribution >= 0.6 is 0 Å². The molecule has 0 saturated heterocycles. The SMILES string of the molecule is [C-]#[N+]c1cc(NC(=O)c2cn(C)cc2C)ccc1F. The number of anilines is 1. The molecule has 0 atom stereocenters. The molecular weight excluding hydrogens is 245 g/mol. The third-order valence-electron chi connectivity index (χ3n) is 2.72. The fraction of sp³-hybridized carbons (Fsp3) is 0.143. The molecule has 0 aliphatic rings. The first-order chi connectivity index (χ1) is 9.01. The van der Waals surface area contributed by atoms with Gasteiger partial charge in [0.15, 0.2) is 0 Å². The minimum absolute atomic E-state index is 0.109. The van der Waals surface area contributed by atoms with Gasteiger partial charge in [-0.15, -0.1) is 0 Å². The summed E-state index contributed by atoms with van der Waals surface area (Å²) >= 11 is 0. The highest BCUT2D eigenvalue weighted by atomic mass is 19.1. The van der Waals surface area contributed by atoms with E-state index in [9.17, 15) is 9.18 Å². The molecule has 0 aliphatic heterocycles. The van der Waals surface area contributed by atoms with Gasteiger partial charge >= 0.3 is 0 Å². The number of aryl methyl sites for hydroxylation is 2. The van der Waals surface area contributed by atoms with E-state index in [2.05, 4.69) is 10.2 Å². The third kappa shape index (κ3) is 2.63. The molecule has 0 bridgehead atoms. The van der Waals surface area contributed by atoms with E-state index >= 15 is 0 Å². The van der Waals surface area contributed by atoms with Crippen LogP contribution in [0.5, 0.6) is 0 Å². The molecule has 0 fully saturated rings. The number of benzene rings is 1. The van der Waals surface area contributed by atoms with Gasteiger partial charge < -0.3 is 9.88 Å². The van der Waals surface area contributed by atoms with Gasteiger partial charge in [0.2, 0.25) is 5.69 Å². The Labute approximate surface area is 110 Å². The summed E-state index contributed by atoms with van der Waals surface area (Å²) in [5.74, 6) is -0.871. The first-order valence-corrected chi connectivity index (χ1v) is 5.62. The Balaban J connectivity index is 2.25. The fourth-order valence-corrected chi connectivity index (χ4v) is 1.83. The van der Waals surface area contributed by atoms with Crippen molar-refractivity contribution in [2.24, 2.45) is 7.05 Å². The second kappa shape index (κ2) is 4.94. The molecular formula is C14H12FN3O. The third-order valence-corrected chi connectivity index (χ3v) is 2.72. The molecule has 0 aliphatic carbocycles. The summed E-state index contributed by atoms with van der Waals surface area (Å²) in [6, 6.07) is 3.92. The van der Waals surface area contributed by atoms with Crippen molar-refractivity contribution >= 4 is 17.3 Å². The molecule has 2 rings (SSSR count). The number of hydrogen-bond donors (Lipinski definition) is 1. The Morgan fingerprint density at radius 1 is 1.42 bits per heavy atom. The van der Waals surface area contributed by atoms with E-state index in [-0.39, 0.29) is 11.6 Å². The summed E-state index contributed by atoms with van der Waals surface area (Å²) in [7, 11) is 1.83. The molecule has 1 aromatic heterocycles. The van der Waals surface area contributed by atoms with E-state index in [1.807, 2.05) is 20.2 Å². The van der Waals surface area contributed by atoms with Gasteiger partial charge in [-0.3, -0.25) is 4.79 Å². The van der Waals surface area contributed by atoms with Crippen LogP contribution in [0.2, 0.25) is 0 Å². The number of halogens is 1. The molecule has 19 heavy (non-hydrogen) atoms. The van der Waals surface area contributed by atoms with E-state index < -0.39 is 5.82 Å². The number of carbonyl (C=O) groups excluding carboxylic acids is 1. The van der Waals surface area contributed by atoms with Crippen molar-refractivity contribution in [3.63, 3.8) is 0 Å². The second-order valence-corrected chi connectivity index (χ2v) is 4.25. The van der Waals surface area contributed by atoms with E-state index in [4.69, 9.17) is 6.57 Å². The van der Waals surface area contributed by atoms with Crippen molar-refractivity contribution in [3.05, 3.63) is 59.0 Å². The maximum atomic E-state index is 13.2. The molecule has 5 heteroatoms. The van der Waals surface area contributed by atoms with E-state index in [0.717, 1.165) is 5.56 Å². The largest absolute Gasteiger partial charge is 0.356 e. The van der Waals surface area contributed by atoms with Crippen molar-refractivity contribution in [1.29, 1.82) is 0 Å². The molecule has 0 saturated carbocycles. The van der Waals surface area contributed by atoms with Crippen LogP contribution in [0.3, 0.4) is 0 Å². The van der Waals surface area contributed by atoms with Crippen molar-refractivity contribution in [3.8, 4) is 0 Å². The van der Waals surface area contributed by atoms with E-state index in [0.29, 0.717) is 11.3 Å². The lowest BCUT2D eigenvalue weighted by molar-refractivity contribution is 0.102. The van der Waals surface area contributed by atoms with Gasteiger partial charge in [0.1, 0.15) is 5.82 Å². The Kier molecular flexibility index (Phi) is 3.34. The Morgan fingerprint density at radius 3 is 2.74 bits per heavy atom. The van der Waals surface area contributed by atoms with Crippen molar-refractivity contribution in [1.82, 2.24) is 4.57 Å². The molecule has 2 aromatic rings. The Bertz CT molecular complexity index is 682. The van der Waals surface area contributed by atoms with Gasteiger partial charge in [-0.1, -0.05) is 0 Å². The van der Waals surface area contributed by atoms with Crippen LogP contribution in [-0.4, -0.2) is 10.5 Å². The number of carbonyl (C=O) groups is 1. The molecule has 1 amide bonds. The average Bonchev–Trinajstić information content (AvgIpc) is 2.71. The average molecular weight is 257 g/mol. The summed E-state index contributed by atoms with van der Waals surface area (Å²) < 4.78 is 15.0. The zero-order chi connectivity index (χ0) is 14.0. The molecule has 1 heterocycles. The van der Waals surface area contributed by atoms with Crippen molar-refractivity contribution in [2.75, 3.05) is 5.32 Å². The Hall–Kier alpha value is -2.61. The Morgan fingerprint density at radius 2 is 2.16 bits per heavy atom. The smallest absolute Gasteiger partial charge is 0.257 e. The first-order valence-electron chi connectivity index (χ1n) is 5.62. The van der Waals surface area contributed by atoms with Crippen LogP contribution in [0.1, 0.15) is 15.9 Å². The molecule has 0 spiro atoms. The number of nitrogens with zero attached hydrogens (tertiary/aromatic N) is 2. The number of hydrogen-bond acceptors (Lipinski definition) is 1. The lowest BCUT2D eigenvalue weighted by atomic mass is 10.2. The number of nitrogens with one attached hydrogen (secondary N) is 1. The highest BCUT2D eigenvalue weighted by molar-refractivity contribution is 6.05. The standard InChI is InChI=1S/C14H12FN3O/c1-9-7-18(3)8-11(9)14(19)17-10-4-5-12(15)13(6-10)16-2/h4-8H,1,3H3,(H,17,19). The minimum Gasteiger partial charge on any atom is -0.356 e. The molecule has 0 unspecified atom stereocenters. The van der Waals surface area contributed by atoms with Crippen molar-refractivity contribution < 1.29 is 9.18 Å². The van der Waals surface area contributed by atoms with Crippen LogP contribution in [0.25, 0.3) is 4.85 Å². The number of rotatable bonds is 2. The van der Waals surface area contributed by atoms with Crippen LogP contribution in [0, 0.1) is 19.3 Å². The maximum absolute atomic E-state index is 13.2. The lowest BCUT2D eigenvalue weighted by Gasteiger charge is -2.05. The van der Waals surface area contributed by atoms with Crippen molar-refractivity contribution in [2.45, 2.75) is 6.92 Å². The van der Waals surface area contributed by atoms with Gasteiger partial charge in [-0.2, -0.15) is 0 Å². The molecule has 0 radical (unpaired) electrons. The number of amides is 1. The highest BCUT2D eigenvalue weighted by Crippen LogP contribution is 2.23. The normalized spacial score (nSPS) is 10.0. The van der Waals surface area contributed by atoms with Crippen LogP contribution in [-0.2, 0) is 7.05 Å². The van der Waals surface area contributed by atoms with E-state index in [1.54, 1.807) is 10.8 Å². The maximum Gasteiger partial charge on any atom is 0.257 e. The van der Waals surface area contributed by atoms with Gasteiger partial charge in [0, 0.05) is 25.1 Å². The summed E-state index contributed by atoms with van der Waals surface area (Å²) in [6.45, 7) is 8.67. The fourth-order valence-electron chi connectivity index (χ4n) is 1.83. The first kappa shape index (κ1) is 12.8. The van der Waals surface area contributed by atoms with Gasteiger partial charge in [-0.05, 0) is 30.7 Å². The molecule has 1 N–H and O–H groups in total. The van der Waals surface area contributed by atoms with Crippen LogP contribution in [0.15, 0.2) is 30.6 Å². The summed E-state index contributed by atoms with van der Waals surface area (Å²) in [4.78, 5) is 15.1. The van der Waals surface area contributed by atoms with Crippen LogP contribution < -0.4 is 5.32 Å². The summed E-state index contributed by atoms with van der Waals surface area (Å²) in [5, 5.41) is 2.65. The zero-order valence-corrected chi connectivity index (χ0v) is 10.6. The van der Waals surface area contributed by atoms with E-state index in [1.165, 1.54) is 18.2 Å². The minimum atomic E-state index is -0.594. The molecule has 4 nitrogen and oxygen atoms in total. The molecule has 96 valence electrons. The van der Waals surface area contributed by atoms with Gasteiger partial charge in [0.25, 0.3) is 5.91 Å².